The first-order chi connectivity index (χ1) is 10.6. The predicted octanol–water partition coefficient (Wildman–Crippen LogP) is 5.34. The molecule has 0 aliphatic carbocycles. The minimum Gasteiger partial charge on any atom is -0.493 e. The number of halogens is 2. The molecule has 22 heavy (non-hydrogen) atoms. The summed E-state index contributed by atoms with van der Waals surface area (Å²) in [4.78, 5) is 0. The number of nitrogens with zero attached hydrogens (tertiary/aromatic N) is 1. The zero-order valence-corrected chi connectivity index (χ0v) is 15.0. The SMILES string of the molecule is COc1cc(C=CC#N)c(Br)cc1OCc1ccc(Br)cc1. The van der Waals surface area contributed by atoms with Gasteiger partial charge >= 0.3 is 0 Å². The second kappa shape index (κ2) is 8.02. The number of nitriles is 1. The van der Waals surface area contributed by atoms with Crippen molar-refractivity contribution in [3.63, 3.8) is 0 Å². The van der Waals surface area contributed by atoms with Crippen LogP contribution in [0.5, 0.6) is 11.5 Å². The molecule has 3 nitrogen and oxygen atoms in total. The van der Waals surface area contributed by atoms with E-state index in [9.17, 15) is 0 Å². The Balaban J connectivity index is 2.20. The monoisotopic (exact) mass is 421 g/mol. The largest absolute Gasteiger partial charge is 0.493 e. The molecule has 0 radical (unpaired) electrons. The maximum atomic E-state index is 8.62. The third kappa shape index (κ3) is 4.36. The quantitative estimate of drug-likeness (QED) is 0.611. The van der Waals surface area contributed by atoms with E-state index in [4.69, 9.17) is 14.7 Å². The molecule has 0 aliphatic heterocycles. The van der Waals surface area contributed by atoms with E-state index in [1.807, 2.05) is 42.5 Å². The number of methoxy groups -OCH3 is 1. The molecule has 2 aromatic carbocycles. The van der Waals surface area contributed by atoms with Crippen LogP contribution in [0.2, 0.25) is 0 Å². The fourth-order valence-electron chi connectivity index (χ4n) is 1.82. The molecule has 2 rings (SSSR count). The summed E-state index contributed by atoms with van der Waals surface area (Å²) < 4.78 is 13.1. The summed E-state index contributed by atoms with van der Waals surface area (Å²) in [5, 5.41) is 8.62. The summed E-state index contributed by atoms with van der Waals surface area (Å²) in [7, 11) is 1.59. The third-order valence-electron chi connectivity index (χ3n) is 2.93. The van der Waals surface area contributed by atoms with Crippen LogP contribution in [-0.2, 0) is 6.61 Å². The van der Waals surface area contributed by atoms with E-state index in [-0.39, 0.29) is 0 Å². The van der Waals surface area contributed by atoms with Crippen LogP contribution in [0.4, 0.5) is 0 Å². The maximum absolute atomic E-state index is 8.62. The highest BCUT2D eigenvalue weighted by Crippen LogP contribution is 2.34. The number of benzene rings is 2. The number of ether oxygens (including phenoxy) is 2. The molecular formula is C17H13Br2NO2. The van der Waals surface area contributed by atoms with Gasteiger partial charge in [0, 0.05) is 15.0 Å². The van der Waals surface area contributed by atoms with Crippen LogP contribution in [0.15, 0.2) is 51.4 Å². The molecule has 0 atom stereocenters. The molecule has 0 aromatic heterocycles. The van der Waals surface area contributed by atoms with Crippen LogP contribution < -0.4 is 9.47 Å². The fourth-order valence-corrected chi connectivity index (χ4v) is 2.54. The third-order valence-corrected chi connectivity index (χ3v) is 4.14. The zero-order valence-electron chi connectivity index (χ0n) is 11.8. The number of hydrogen-bond donors (Lipinski definition) is 0. The Hall–Kier alpha value is -1.77. The first-order valence-electron chi connectivity index (χ1n) is 6.45. The van der Waals surface area contributed by atoms with Crippen molar-refractivity contribution in [3.8, 4) is 17.6 Å². The summed E-state index contributed by atoms with van der Waals surface area (Å²) in [5.74, 6) is 1.27. The van der Waals surface area contributed by atoms with E-state index in [1.54, 1.807) is 13.2 Å². The second-order valence-corrected chi connectivity index (χ2v) is 6.17. The first-order valence-corrected chi connectivity index (χ1v) is 8.03. The van der Waals surface area contributed by atoms with E-state index < -0.39 is 0 Å². The lowest BCUT2D eigenvalue weighted by molar-refractivity contribution is 0.284. The normalized spacial score (nSPS) is 10.5. The highest BCUT2D eigenvalue weighted by atomic mass is 79.9. The van der Waals surface area contributed by atoms with Crippen molar-refractivity contribution < 1.29 is 9.47 Å². The molecule has 0 spiro atoms. The summed E-state index contributed by atoms with van der Waals surface area (Å²) in [6, 6.07) is 13.6. The minimum atomic E-state index is 0.448. The van der Waals surface area contributed by atoms with E-state index in [0.29, 0.717) is 18.1 Å². The molecule has 0 amide bonds. The number of hydrogen-bond acceptors (Lipinski definition) is 3. The zero-order chi connectivity index (χ0) is 15.9. The van der Waals surface area contributed by atoms with Crippen molar-refractivity contribution in [1.82, 2.24) is 0 Å². The molecule has 0 unspecified atom stereocenters. The summed E-state index contributed by atoms with van der Waals surface area (Å²) in [5.41, 5.74) is 1.92. The standard InChI is InChI=1S/C17H13Br2NO2/c1-21-16-9-13(3-2-8-20)15(19)10-17(16)22-11-12-4-6-14(18)7-5-12/h2-7,9-10H,11H2,1H3. The highest BCUT2D eigenvalue weighted by molar-refractivity contribution is 9.10. The van der Waals surface area contributed by atoms with Gasteiger partial charge in [-0.3, -0.25) is 0 Å². The van der Waals surface area contributed by atoms with Crippen molar-refractivity contribution in [3.05, 3.63) is 62.5 Å². The second-order valence-electron chi connectivity index (χ2n) is 4.40. The molecule has 5 heteroatoms. The van der Waals surface area contributed by atoms with Gasteiger partial charge in [-0.15, -0.1) is 0 Å². The average Bonchev–Trinajstić information content (AvgIpc) is 2.53. The minimum absolute atomic E-state index is 0.448. The highest BCUT2D eigenvalue weighted by Gasteiger charge is 2.09. The number of allylic oxidation sites excluding steroid dienone is 1. The van der Waals surface area contributed by atoms with Gasteiger partial charge in [0.2, 0.25) is 0 Å². The molecule has 0 heterocycles. The molecule has 112 valence electrons. The average molecular weight is 423 g/mol. The molecular weight excluding hydrogens is 410 g/mol. The molecule has 0 fully saturated rings. The van der Waals surface area contributed by atoms with Gasteiger partial charge < -0.3 is 9.47 Å². The van der Waals surface area contributed by atoms with Gasteiger partial charge in [0.15, 0.2) is 11.5 Å². The van der Waals surface area contributed by atoms with Crippen LogP contribution in [-0.4, -0.2) is 7.11 Å². The Morgan fingerprint density at radius 2 is 1.86 bits per heavy atom. The lowest BCUT2D eigenvalue weighted by Gasteiger charge is -2.13. The van der Waals surface area contributed by atoms with Crippen LogP contribution >= 0.6 is 31.9 Å². The maximum Gasteiger partial charge on any atom is 0.162 e. The van der Waals surface area contributed by atoms with Crippen LogP contribution in [0.3, 0.4) is 0 Å². The Kier molecular flexibility index (Phi) is 6.05. The molecule has 0 N–H and O–H groups in total. The Bertz CT molecular complexity index is 719. The van der Waals surface area contributed by atoms with Gasteiger partial charge in [-0.25, -0.2) is 0 Å². The predicted molar refractivity (Wildman–Crippen MR) is 93.8 cm³/mol. The van der Waals surface area contributed by atoms with Gasteiger partial charge in [-0.1, -0.05) is 44.0 Å². The fraction of sp³-hybridized carbons (Fsp3) is 0.118. The van der Waals surface area contributed by atoms with E-state index in [0.717, 1.165) is 20.1 Å². The van der Waals surface area contributed by atoms with Crippen LogP contribution in [0, 0.1) is 11.3 Å². The first kappa shape index (κ1) is 16.6. The van der Waals surface area contributed by atoms with Gasteiger partial charge in [0.1, 0.15) is 6.61 Å². The summed E-state index contributed by atoms with van der Waals surface area (Å²) >= 11 is 6.88. The van der Waals surface area contributed by atoms with Gasteiger partial charge in [0.05, 0.1) is 13.2 Å². The van der Waals surface area contributed by atoms with Crippen LogP contribution in [0.25, 0.3) is 6.08 Å². The molecule has 2 aromatic rings. The van der Waals surface area contributed by atoms with Gasteiger partial charge in [-0.05, 0) is 41.5 Å². The molecule has 0 saturated carbocycles. The number of rotatable bonds is 5. The Morgan fingerprint density at radius 1 is 1.14 bits per heavy atom. The van der Waals surface area contributed by atoms with Crippen molar-refractivity contribution >= 4 is 37.9 Å². The van der Waals surface area contributed by atoms with E-state index in [1.165, 1.54) is 6.08 Å². The van der Waals surface area contributed by atoms with Crippen LogP contribution in [0.1, 0.15) is 11.1 Å². The summed E-state index contributed by atoms with van der Waals surface area (Å²) in [6.45, 7) is 0.448. The van der Waals surface area contributed by atoms with Gasteiger partial charge in [0.25, 0.3) is 0 Å². The van der Waals surface area contributed by atoms with Gasteiger partial charge in [-0.2, -0.15) is 5.26 Å². The Morgan fingerprint density at radius 3 is 2.50 bits per heavy atom. The lowest BCUT2D eigenvalue weighted by Crippen LogP contribution is -1.98. The van der Waals surface area contributed by atoms with E-state index in [2.05, 4.69) is 31.9 Å². The van der Waals surface area contributed by atoms with E-state index >= 15 is 0 Å². The smallest absolute Gasteiger partial charge is 0.162 e. The van der Waals surface area contributed by atoms with Crippen molar-refractivity contribution in [2.24, 2.45) is 0 Å². The van der Waals surface area contributed by atoms with Crippen molar-refractivity contribution in [2.75, 3.05) is 7.11 Å². The molecule has 0 aliphatic rings. The Labute approximate surface area is 146 Å². The molecule has 0 saturated heterocycles. The summed E-state index contributed by atoms with van der Waals surface area (Å²) in [6.07, 6.45) is 3.13. The molecule has 0 bridgehead atoms. The topological polar surface area (TPSA) is 42.2 Å². The lowest BCUT2D eigenvalue weighted by atomic mass is 10.2. The van der Waals surface area contributed by atoms with Crippen molar-refractivity contribution in [2.45, 2.75) is 6.61 Å². The van der Waals surface area contributed by atoms with Crippen molar-refractivity contribution in [1.29, 1.82) is 5.26 Å².